The number of urea groups is 1. The Kier molecular flexibility index (Phi) is 5.61. The molecule has 0 bridgehead atoms. The maximum absolute atomic E-state index is 13.5. The van der Waals surface area contributed by atoms with Gasteiger partial charge >= 0.3 is 6.03 Å². The fourth-order valence-electron chi connectivity index (χ4n) is 5.18. The molecule has 2 amide bonds. The molecule has 5 heteroatoms. The average Bonchev–Trinajstić information content (AvgIpc) is 3.36. The van der Waals surface area contributed by atoms with Crippen LogP contribution in [0.25, 0.3) is 5.00 Å². The summed E-state index contributed by atoms with van der Waals surface area (Å²) in [5.41, 5.74) is 5.36. The molecule has 1 N–H and O–H groups in total. The molecule has 2 aliphatic rings. The number of nitrogens with one attached hydrogen (secondary N) is 1. The Balaban J connectivity index is 1.46. The average molecular weight is 434 g/mol. The van der Waals surface area contributed by atoms with Gasteiger partial charge in [-0.15, -0.1) is 11.3 Å². The Morgan fingerprint density at radius 1 is 1.10 bits per heavy atom. The highest BCUT2D eigenvalue weighted by Gasteiger charge is 2.36. The Morgan fingerprint density at radius 3 is 2.71 bits per heavy atom. The van der Waals surface area contributed by atoms with E-state index in [0.29, 0.717) is 19.0 Å². The van der Waals surface area contributed by atoms with Crippen molar-refractivity contribution in [2.45, 2.75) is 58.5 Å². The molecule has 2 aromatic heterocycles. The number of aromatic nitrogens is 1. The SMILES string of the molecule is CC(C)[C@@H]1c2cccn2-c2sc3c(c2CN1C(=O)NCCc1ccccc1)CCCC3. The van der Waals surface area contributed by atoms with Crippen LogP contribution in [0.1, 0.15) is 60.0 Å². The number of carbonyl (C=O) groups excluding carboxylic acids is 1. The molecule has 1 aromatic carbocycles. The van der Waals surface area contributed by atoms with E-state index in [1.165, 1.54) is 51.5 Å². The Hall–Kier alpha value is -2.53. The third-order valence-corrected chi connectivity index (χ3v) is 7.98. The van der Waals surface area contributed by atoms with E-state index in [2.05, 4.69) is 71.2 Å². The summed E-state index contributed by atoms with van der Waals surface area (Å²) in [7, 11) is 0. The smallest absolute Gasteiger partial charge is 0.318 e. The van der Waals surface area contributed by atoms with E-state index in [9.17, 15) is 4.79 Å². The van der Waals surface area contributed by atoms with Gasteiger partial charge in [-0.25, -0.2) is 4.79 Å². The van der Waals surface area contributed by atoms with Crippen LogP contribution >= 0.6 is 11.3 Å². The van der Waals surface area contributed by atoms with Crippen LogP contribution in [-0.4, -0.2) is 22.0 Å². The first-order valence-corrected chi connectivity index (χ1v) is 12.3. The predicted octanol–water partition coefficient (Wildman–Crippen LogP) is 5.88. The first-order valence-electron chi connectivity index (χ1n) is 11.5. The molecule has 0 unspecified atom stereocenters. The maximum atomic E-state index is 13.5. The molecule has 1 atom stereocenters. The van der Waals surface area contributed by atoms with Crippen molar-refractivity contribution in [1.29, 1.82) is 0 Å². The van der Waals surface area contributed by atoms with Gasteiger partial charge in [0.2, 0.25) is 0 Å². The highest BCUT2D eigenvalue weighted by atomic mass is 32.1. The van der Waals surface area contributed by atoms with E-state index < -0.39 is 0 Å². The monoisotopic (exact) mass is 433 g/mol. The van der Waals surface area contributed by atoms with Crippen molar-refractivity contribution in [3.05, 3.63) is 75.9 Å². The zero-order valence-electron chi connectivity index (χ0n) is 18.4. The number of thiophene rings is 1. The molecule has 31 heavy (non-hydrogen) atoms. The van der Waals surface area contributed by atoms with Gasteiger partial charge < -0.3 is 14.8 Å². The van der Waals surface area contributed by atoms with E-state index >= 15 is 0 Å². The third kappa shape index (κ3) is 3.80. The molecule has 3 aromatic rings. The highest BCUT2D eigenvalue weighted by Crippen LogP contribution is 2.43. The van der Waals surface area contributed by atoms with Gasteiger partial charge in [-0.05, 0) is 61.3 Å². The molecule has 3 heterocycles. The van der Waals surface area contributed by atoms with Gasteiger partial charge in [0.25, 0.3) is 0 Å². The largest absolute Gasteiger partial charge is 0.338 e. The number of aryl methyl sites for hydroxylation is 1. The summed E-state index contributed by atoms with van der Waals surface area (Å²) in [4.78, 5) is 17.1. The molecule has 1 aliphatic heterocycles. The number of rotatable bonds is 4. The lowest BCUT2D eigenvalue weighted by Gasteiger charge is -2.33. The molecule has 1 aliphatic carbocycles. The number of hydrogen-bond donors (Lipinski definition) is 1. The number of hydrogen-bond acceptors (Lipinski definition) is 2. The second-order valence-electron chi connectivity index (χ2n) is 9.08. The molecule has 0 saturated carbocycles. The molecule has 0 fully saturated rings. The Labute approximate surface area is 188 Å². The lowest BCUT2D eigenvalue weighted by atomic mass is 9.94. The fraction of sp³-hybridized carbons (Fsp3) is 0.423. The minimum absolute atomic E-state index is 0.0472. The molecule has 4 nitrogen and oxygen atoms in total. The number of benzene rings is 1. The lowest BCUT2D eigenvalue weighted by Crippen LogP contribution is -2.43. The topological polar surface area (TPSA) is 37.3 Å². The van der Waals surface area contributed by atoms with Gasteiger partial charge in [0.15, 0.2) is 0 Å². The summed E-state index contributed by atoms with van der Waals surface area (Å²) >= 11 is 1.95. The van der Waals surface area contributed by atoms with Crippen LogP contribution in [0.3, 0.4) is 0 Å². The Morgan fingerprint density at radius 2 is 1.90 bits per heavy atom. The summed E-state index contributed by atoms with van der Waals surface area (Å²) in [6.45, 7) is 5.80. The fourth-order valence-corrected chi connectivity index (χ4v) is 6.59. The zero-order chi connectivity index (χ0) is 21.4. The van der Waals surface area contributed by atoms with E-state index in [1.807, 2.05) is 17.4 Å². The standard InChI is InChI=1S/C26H31N3OS/c1-18(2)24-22-12-8-16-28(22)25-21(20-11-6-7-13-23(20)31-25)17-29(24)26(30)27-15-14-19-9-4-3-5-10-19/h3-5,8-10,12,16,18,24H,6-7,11,13-15,17H2,1-2H3,(H,27,30)/t24-/m1/s1. The lowest BCUT2D eigenvalue weighted by molar-refractivity contribution is 0.149. The molecule has 0 spiro atoms. The van der Waals surface area contributed by atoms with Crippen LogP contribution < -0.4 is 5.32 Å². The van der Waals surface area contributed by atoms with Crippen molar-refractivity contribution in [2.24, 2.45) is 5.92 Å². The quantitative estimate of drug-likeness (QED) is 0.548. The first-order chi connectivity index (χ1) is 15.1. The zero-order valence-corrected chi connectivity index (χ0v) is 19.3. The third-order valence-electron chi connectivity index (χ3n) is 6.65. The summed E-state index contributed by atoms with van der Waals surface area (Å²) in [5, 5.41) is 4.55. The van der Waals surface area contributed by atoms with E-state index in [0.717, 1.165) is 12.8 Å². The summed E-state index contributed by atoms with van der Waals surface area (Å²) in [6, 6.07) is 14.8. The van der Waals surface area contributed by atoms with Crippen molar-refractivity contribution in [1.82, 2.24) is 14.8 Å². The van der Waals surface area contributed by atoms with Crippen LogP contribution in [0.4, 0.5) is 4.79 Å². The van der Waals surface area contributed by atoms with Crippen LogP contribution in [0.15, 0.2) is 48.7 Å². The van der Waals surface area contributed by atoms with Crippen molar-refractivity contribution < 1.29 is 4.79 Å². The molecular weight excluding hydrogens is 402 g/mol. The van der Waals surface area contributed by atoms with Crippen LogP contribution in [0, 0.1) is 5.92 Å². The van der Waals surface area contributed by atoms with Gasteiger partial charge in [-0.2, -0.15) is 0 Å². The van der Waals surface area contributed by atoms with E-state index in [1.54, 1.807) is 0 Å². The first kappa shape index (κ1) is 20.4. The summed E-state index contributed by atoms with van der Waals surface area (Å²) < 4.78 is 2.36. The number of amides is 2. The molecule has 0 saturated heterocycles. The highest BCUT2D eigenvalue weighted by molar-refractivity contribution is 7.15. The predicted molar refractivity (Wildman–Crippen MR) is 127 cm³/mol. The van der Waals surface area contributed by atoms with Crippen LogP contribution in [0.2, 0.25) is 0 Å². The number of carbonyl (C=O) groups is 1. The van der Waals surface area contributed by atoms with Crippen LogP contribution in [-0.2, 0) is 25.8 Å². The Bertz CT molecular complexity index is 1070. The summed E-state index contributed by atoms with van der Waals surface area (Å²) in [5.74, 6) is 0.332. The van der Waals surface area contributed by atoms with Crippen molar-refractivity contribution in [2.75, 3.05) is 6.54 Å². The van der Waals surface area contributed by atoms with Gasteiger partial charge in [0, 0.05) is 28.9 Å². The molecule has 5 rings (SSSR count). The summed E-state index contributed by atoms with van der Waals surface area (Å²) in [6.07, 6.45) is 7.90. The second-order valence-corrected chi connectivity index (χ2v) is 10.2. The minimum atomic E-state index is 0.0472. The van der Waals surface area contributed by atoms with Crippen molar-refractivity contribution >= 4 is 17.4 Å². The van der Waals surface area contributed by atoms with Crippen molar-refractivity contribution in [3.63, 3.8) is 0 Å². The van der Waals surface area contributed by atoms with Crippen molar-refractivity contribution in [3.8, 4) is 5.00 Å². The second kappa shape index (κ2) is 8.54. The number of fused-ring (bicyclic) bond motifs is 5. The molecule has 162 valence electrons. The normalized spacial score (nSPS) is 17.6. The van der Waals surface area contributed by atoms with Gasteiger partial charge in [0.05, 0.1) is 12.6 Å². The number of nitrogens with zero attached hydrogens (tertiary/aromatic N) is 2. The van der Waals surface area contributed by atoms with E-state index in [4.69, 9.17) is 0 Å². The van der Waals surface area contributed by atoms with Gasteiger partial charge in [-0.1, -0.05) is 44.2 Å². The minimum Gasteiger partial charge on any atom is -0.338 e. The van der Waals surface area contributed by atoms with Gasteiger partial charge in [0.1, 0.15) is 5.00 Å². The molecular formula is C26H31N3OS. The maximum Gasteiger partial charge on any atom is 0.318 e. The van der Waals surface area contributed by atoms with E-state index in [-0.39, 0.29) is 12.1 Å². The molecule has 0 radical (unpaired) electrons. The van der Waals surface area contributed by atoms with Gasteiger partial charge in [-0.3, -0.25) is 0 Å². The van der Waals surface area contributed by atoms with Crippen LogP contribution in [0.5, 0.6) is 0 Å².